The highest BCUT2D eigenvalue weighted by Gasteiger charge is 2.38. The molecule has 0 bridgehead atoms. The lowest BCUT2D eigenvalue weighted by Crippen LogP contribution is -2.41. The number of imidazole rings is 1. The summed E-state index contributed by atoms with van der Waals surface area (Å²) < 4.78 is 0. The first-order valence-corrected chi connectivity index (χ1v) is 6.74. The first-order valence-electron chi connectivity index (χ1n) is 6.74. The second-order valence-electron chi connectivity index (χ2n) is 6.02. The summed E-state index contributed by atoms with van der Waals surface area (Å²) in [7, 11) is 1.87. The predicted molar refractivity (Wildman–Crippen MR) is 70.8 cm³/mol. The van der Waals surface area contributed by atoms with Gasteiger partial charge >= 0.3 is 0 Å². The van der Waals surface area contributed by atoms with Crippen LogP contribution in [0.1, 0.15) is 45.4 Å². The van der Waals surface area contributed by atoms with Crippen LogP contribution < -0.4 is 0 Å². The van der Waals surface area contributed by atoms with Gasteiger partial charge in [-0.15, -0.1) is 0 Å². The molecule has 1 unspecified atom stereocenters. The van der Waals surface area contributed by atoms with Crippen LogP contribution in [0.2, 0.25) is 0 Å². The number of amides is 1. The number of aromatic amines is 1. The van der Waals surface area contributed by atoms with Crippen LogP contribution in [0.4, 0.5) is 0 Å². The van der Waals surface area contributed by atoms with E-state index in [0.29, 0.717) is 6.54 Å². The molecule has 1 saturated carbocycles. The summed E-state index contributed by atoms with van der Waals surface area (Å²) in [5, 5.41) is 0. The lowest BCUT2D eigenvalue weighted by atomic mass is 9.68. The fourth-order valence-electron chi connectivity index (χ4n) is 2.90. The second-order valence-corrected chi connectivity index (χ2v) is 6.02. The number of carbonyl (C=O) groups excluding carboxylic acids is 1. The number of aromatic nitrogens is 2. The highest BCUT2D eigenvalue weighted by Crippen LogP contribution is 2.41. The van der Waals surface area contributed by atoms with Crippen molar-refractivity contribution in [2.45, 2.75) is 46.1 Å². The molecule has 1 atom stereocenters. The molecule has 18 heavy (non-hydrogen) atoms. The molecule has 2 rings (SSSR count). The van der Waals surface area contributed by atoms with Crippen molar-refractivity contribution in [2.24, 2.45) is 11.3 Å². The molecule has 0 spiro atoms. The lowest BCUT2D eigenvalue weighted by Gasteiger charge is -2.39. The Kier molecular flexibility index (Phi) is 3.73. The Morgan fingerprint density at radius 2 is 2.33 bits per heavy atom. The number of nitrogens with zero attached hydrogens (tertiary/aromatic N) is 2. The molecule has 0 radical (unpaired) electrons. The van der Waals surface area contributed by atoms with Crippen LogP contribution >= 0.6 is 0 Å². The third-order valence-corrected chi connectivity index (χ3v) is 4.12. The maximum absolute atomic E-state index is 12.5. The SMILES string of the molecule is CN(Cc1ncc[nH]1)C(=O)C1CCCCC1(C)C. The maximum Gasteiger partial charge on any atom is 0.226 e. The number of carbonyl (C=O) groups is 1. The smallest absolute Gasteiger partial charge is 0.226 e. The van der Waals surface area contributed by atoms with Crippen LogP contribution in [0.3, 0.4) is 0 Å². The first-order chi connectivity index (χ1) is 8.50. The average Bonchev–Trinajstić information content (AvgIpc) is 2.80. The predicted octanol–water partition coefficient (Wildman–Crippen LogP) is 2.58. The van der Waals surface area contributed by atoms with Crippen LogP contribution in [0.5, 0.6) is 0 Å². The largest absolute Gasteiger partial charge is 0.347 e. The van der Waals surface area contributed by atoms with Crippen molar-refractivity contribution in [1.29, 1.82) is 0 Å². The van der Waals surface area contributed by atoms with Gasteiger partial charge in [-0.05, 0) is 18.3 Å². The minimum atomic E-state index is 0.132. The quantitative estimate of drug-likeness (QED) is 0.895. The Bertz CT molecular complexity index is 397. The third kappa shape index (κ3) is 2.74. The molecule has 0 aromatic carbocycles. The number of hydrogen-bond donors (Lipinski definition) is 1. The topological polar surface area (TPSA) is 49.0 Å². The number of H-pyrrole nitrogens is 1. The van der Waals surface area contributed by atoms with E-state index >= 15 is 0 Å². The van der Waals surface area contributed by atoms with E-state index in [1.165, 1.54) is 12.8 Å². The molecule has 100 valence electrons. The molecular weight excluding hydrogens is 226 g/mol. The summed E-state index contributed by atoms with van der Waals surface area (Å²) in [5.74, 6) is 1.27. The molecule has 1 N–H and O–H groups in total. The van der Waals surface area contributed by atoms with Crippen LogP contribution in [-0.2, 0) is 11.3 Å². The van der Waals surface area contributed by atoms with Gasteiger partial charge in [0.25, 0.3) is 0 Å². The summed E-state index contributed by atoms with van der Waals surface area (Å²) in [6, 6.07) is 0. The third-order valence-electron chi connectivity index (χ3n) is 4.12. The Balaban J connectivity index is 2.01. The number of nitrogens with one attached hydrogen (secondary N) is 1. The normalized spacial score (nSPS) is 22.7. The van der Waals surface area contributed by atoms with Crippen molar-refractivity contribution < 1.29 is 4.79 Å². The minimum Gasteiger partial charge on any atom is -0.347 e. The van der Waals surface area contributed by atoms with E-state index in [-0.39, 0.29) is 17.2 Å². The zero-order chi connectivity index (χ0) is 13.2. The van der Waals surface area contributed by atoms with Gasteiger partial charge < -0.3 is 9.88 Å². The molecule has 1 aromatic rings. The van der Waals surface area contributed by atoms with Crippen molar-refractivity contribution in [1.82, 2.24) is 14.9 Å². The fourth-order valence-corrected chi connectivity index (χ4v) is 2.90. The first kappa shape index (κ1) is 13.1. The van der Waals surface area contributed by atoms with E-state index in [4.69, 9.17) is 0 Å². The molecule has 4 nitrogen and oxygen atoms in total. The number of hydrogen-bond acceptors (Lipinski definition) is 2. The lowest BCUT2D eigenvalue weighted by molar-refractivity contribution is -0.140. The van der Waals surface area contributed by atoms with E-state index in [2.05, 4.69) is 23.8 Å². The molecule has 0 saturated heterocycles. The van der Waals surface area contributed by atoms with Crippen molar-refractivity contribution in [3.63, 3.8) is 0 Å². The molecule has 1 heterocycles. The van der Waals surface area contributed by atoms with E-state index in [9.17, 15) is 4.79 Å². The molecule has 1 aliphatic carbocycles. The minimum absolute atomic E-state index is 0.132. The summed E-state index contributed by atoms with van der Waals surface area (Å²) in [4.78, 5) is 21.5. The molecule has 1 fully saturated rings. The molecule has 1 aliphatic rings. The Hall–Kier alpha value is -1.32. The van der Waals surface area contributed by atoms with Gasteiger partial charge in [-0.25, -0.2) is 4.98 Å². The Morgan fingerprint density at radius 1 is 1.56 bits per heavy atom. The maximum atomic E-state index is 12.5. The van der Waals surface area contributed by atoms with Gasteiger partial charge in [0, 0.05) is 25.4 Å². The zero-order valence-electron chi connectivity index (χ0n) is 11.6. The van der Waals surface area contributed by atoms with E-state index < -0.39 is 0 Å². The summed E-state index contributed by atoms with van der Waals surface area (Å²) >= 11 is 0. The summed E-state index contributed by atoms with van der Waals surface area (Å²) in [6.07, 6.45) is 8.11. The average molecular weight is 249 g/mol. The van der Waals surface area contributed by atoms with Crippen molar-refractivity contribution >= 4 is 5.91 Å². The van der Waals surface area contributed by atoms with E-state index in [0.717, 1.165) is 18.7 Å². The van der Waals surface area contributed by atoms with Crippen molar-refractivity contribution in [3.05, 3.63) is 18.2 Å². The molecule has 1 amide bonds. The van der Waals surface area contributed by atoms with Crippen LogP contribution in [0.25, 0.3) is 0 Å². The highest BCUT2D eigenvalue weighted by atomic mass is 16.2. The zero-order valence-corrected chi connectivity index (χ0v) is 11.6. The van der Waals surface area contributed by atoms with Crippen molar-refractivity contribution in [2.75, 3.05) is 7.05 Å². The fraction of sp³-hybridized carbons (Fsp3) is 0.714. The number of rotatable bonds is 3. The highest BCUT2D eigenvalue weighted by molar-refractivity contribution is 5.79. The van der Waals surface area contributed by atoms with Gasteiger partial charge in [0.2, 0.25) is 5.91 Å². The molecule has 0 aliphatic heterocycles. The summed E-state index contributed by atoms with van der Waals surface area (Å²) in [5.41, 5.74) is 0.132. The van der Waals surface area contributed by atoms with Gasteiger partial charge in [-0.3, -0.25) is 4.79 Å². The standard InChI is InChI=1S/C14H23N3O/c1-14(2)7-5-4-6-11(14)13(18)17(3)10-12-15-8-9-16-12/h8-9,11H,4-7,10H2,1-3H3,(H,15,16). The van der Waals surface area contributed by atoms with Gasteiger partial charge in [0.1, 0.15) is 5.82 Å². The molecule has 4 heteroatoms. The van der Waals surface area contributed by atoms with Gasteiger partial charge in [0.05, 0.1) is 6.54 Å². The Labute approximate surface area is 109 Å². The summed E-state index contributed by atoms with van der Waals surface area (Å²) in [6.45, 7) is 5.00. The van der Waals surface area contributed by atoms with Gasteiger partial charge in [-0.2, -0.15) is 0 Å². The van der Waals surface area contributed by atoms with Gasteiger partial charge in [0.15, 0.2) is 0 Å². The van der Waals surface area contributed by atoms with Crippen molar-refractivity contribution in [3.8, 4) is 0 Å². The molecule has 1 aromatic heterocycles. The van der Waals surface area contributed by atoms with Crippen LogP contribution in [0.15, 0.2) is 12.4 Å². The van der Waals surface area contributed by atoms with Gasteiger partial charge in [-0.1, -0.05) is 26.7 Å². The van der Waals surface area contributed by atoms with Crippen LogP contribution in [0, 0.1) is 11.3 Å². The Morgan fingerprint density at radius 3 is 2.94 bits per heavy atom. The monoisotopic (exact) mass is 249 g/mol. The van der Waals surface area contributed by atoms with E-state index in [1.54, 1.807) is 17.3 Å². The molecular formula is C14H23N3O. The van der Waals surface area contributed by atoms with Crippen LogP contribution in [-0.4, -0.2) is 27.8 Å². The van der Waals surface area contributed by atoms with E-state index in [1.807, 2.05) is 7.05 Å². The second kappa shape index (κ2) is 5.12.